The van der Waals surface area contributed by atoms with E-state index in [0.717, 1.165) is 0 Å². The van der Waals surface area contributed by atoms with Gasteiger partial charge >= 0.3 is 18.1 Å². The Kier molecular flexibility index (Phi) is 8.81. The summed E-state index contributed by atoms with van der Waals surface area (Å²) < 4.78 is 15.6. The highest BCUT2D eigenvalue weighted by Gasteiger charge is 2.15. The molecule has 0 fully saturated rings. The van der Waals surface area contributed by atoms with E-state index in [2.05, 4.69) is 15.4 Å². The zero-order valence-electron chi connectivity index (χ0n) is 23.6. The minimum absolute atomic E-state index is 0.0367. The Morgan fingerprint density at radius 3 is 1.73 bits per heavy atom. The Balaban J connectivity index is 1.24. The van der Waals surface area contributed by atoms with Crippen LogP contribution in [0.3, 0.4) is 0 Å². The summed E-state index contributed by atoms with van der Waals surface area (Å²) >= 11 is 0. The predicted molar refractivity (Wildman–Crippen MR) is 164 cm³/mol. The van der Waals surface area contributed by atoms with E-state index >= 15 is 0 Å². The minimum Gasteiger partial charge on any atom is -0.449 e. The van der Waals surface area contributed by atoms with Gasteiger partial charge < -0.3 is 30.0 Å². The van der Waals surface area contributed by atoms with E-state index in [1.807, 2.05) is 0 Å². The van der Waals surface area contributed by atoms with Crippen molar-refractivity contribution in [2.75, 3.05) is 10.6 Å². The van der Waals surface area contributed by atoms with E-state index in [4.69, 9.17) is 14.6 Å². The number of rotatable bonds is 8. The van der Waals surface area contributed by atoms with Gasteiger partial charge in [-0.05, 0) is 77.5 Å². The van der Waals surface area contributed by atoms with Crippen molar-refractivity contribution in [2.45, 2.75) is 6.92 Å². The molecule has 0 saturated carbocycles. The van der Waals surface area contributed by atoms with Gasteiger partial charge in [-0.25, -0.2) is 14.4 Å². The fourth-order valence-corrected chi connectivity index (χ4v) is 4.32. The van der Waals surface area contributed by atoms with Crippen LogP contribution in [-0.4, -0.2) is 35.0 Å². The van der Waals surface area contributed by atoms with Gasteiger partial charge in [-0.1, -0.05) is 30.3 Å². The molecule has 0 spiro atoms. The molecule has 0 atom stereocenters. The number of carbonyl (C=O) groups is 5. The van der Waals surface area contributed by atoms with Crippen LogP contribution in [0, 0.1) is 0 Å². The number of nitrogens with one attached hydrogen (secondary N) is 2. The monoisotopic (exact) mass is 604 g/mol. The molecule has 0 bridgehead atoms. The average molecular weight is 605 g/mol. The molecule has 5 aromatic rings. The maximum absolute atomic E-state index is 12.9. The summed E-state index contributed by atoms with van der Waals surface area (Å²) in [7, 11) is 0. The first-order valence-corrected chi connectivity index (χ1v) is 13.4. The van der Waals surface area contributed by atoms with Crippen molar-refractivity contribution < 1.29 is 43.3 Å². The summed E-state index contributed by atoms with van der Waals surface area (Å²) in [4.78, 5) is 60.5. The van der Waals surface area contributed by atoms with Crippen LogP contribution >= 0.6 is 0 Å². The third-order valence-electron chi connectivity index (χ3n) is 6.28. The molecule has 45 heavy (non-hydrogen) atoms. The highest BCUT2D eigenvalue weighted by Crippen LogP contribution is 2.25. The van der Waals surface area contributed by atoms with Gasteiger partial charge in [0.1, 0.15) is 17.2 Å². The lowest BCUT2D eigenvalue weighted by molar-refractivity contribution is -0.114. The number of esters is 2. The largest absolute Gasteiger partial charge is 0.511 e. The van der Waals surface area contributed by atoms with Gasteiger partial charge in [0.25, 0.3) is 5.91 Å². The summed E-state index contributed by atoms with van der Waals surface area (Å²) in [6, 6.07) is 28.1. The number of anilines is 2. The van der Waals surface area contributed by atoms with E-state index < -0.39 is 24.0 Å². The first-order chi connectivity index (χ1) is 21.6. The smallest absolute Gasteiger partial charge is 0.449 e. The fraction of sp³-hybridized carbons (Fsp3) is 0.0294. The van der Waals surface area contributed by atoms with Gasteiger partial charge in [-0.3, -0.25) is 9.59 Å². The molecule has 0 aliphatic rings. The molecule has 224 valence electrons. The third-order valence-corrected chi connectivity index (χ3v) is 6.28. The number of hydrogen-bond acceptors (Lipinski definition) is 8. The lowest BCUT2D eigenvalue weighted by atomic mass is 10.1. The Labute approximate surface area is 256 Å². The van der Waals surface area contributed by atoms with Crippen LogP contribution in [0.5, 0.6) is 17.2 Å². The lowest BCUT2D eigenvalue weighted by Crippen LogP contribution is -2.14. The molecule has 0 aromatic heterocycles. The van der Waals surface area contributed by atoms with E-state index in [9.17, 15) is 24.0 Å². The van der Waals surface area contributed by atoms with Crippen molar-refractivity contribution in [3.8, 4) is 17.2 Å². The number of carboxylic acid groups (broad SMARTS) is 1. The van der Waals surface area contributed by atoms with E-state index in [1.165, 1.54) is 49.4 Å². The number of ether oxygens (including phenoxy) is 3. The number of carbonyl (C=O) groups excluding carboxylic acids is 4. The quantitative estimate of drug-likeness (QED) is 0.102. The van der Waals surface area contributed by atoms with E-state index in [-0.39, 0.29) is 34.3 Å². The Morgan fingerprint density at radius 2 is 1.07 bits per heavy atom. The first kappa shape index (κ1) is 30.0. The Hall–Kier alpha value is -6.49. The molecule has 0 saturated heterocycles. The second-order valence-corrected chi connectivity index (χ2v) is 9.64. The molecule has 0 aliphatic heterocycles. The molecule has 0 unspecified atom stereocenters. The summed E-state index contributed by atoms with van der Waals surface area (Å²) in [6.45, 7) is 1.38. The van der Waals surface area contributed by atoms with Crippen LogP contribution in [0.4, 0.5) is 16.2 Å². The zero-order valence-corrected chi connectivity index (χ0v) is 23.6. The van der Waals surface area contributed by atoms with Gasteiger partial charge in [0.05, 0.1) is 11.1 Å². The zero-order chi connectivity index (χ0) is 31.9. The molecular formula is C34H24N2O9. The summed E-state index contributed by atoms with van der Waals surface area (Å²) in [5, 5.41) is 15.4. The molecule has 5 rings (SSSR count). The van der Waals surface area contributed by atoms with Crippen LogP contribution in [0.2, 0.25) is 0 Å². The summed E-state index contributed by atoms with van der Waals surface area (Å²) in [5.74, 6) is -1.49. The average Bonchev–Trinajstić information content (AvgIpc) is 3.00. The predicted octanol–water partition coefficient (Wildman–Crippen LogP) is 6.55. The molecule has 11 heteroatoms. The maximum atomic E-state index is 12.9. The van der Waals surface area contributed by atoms with Gasteiger partial charge in [0.15, 0.2) is 0 Å². The van der Waals surface area contributed by atoms with Crippen LogP contribution in [-0.2, 0) is 4.79 Å². The molecule has 0 heterocycles. The molecule has 0 aliphatic carbocycles. The number of amides is 2. The second-order valence-electron chi connectivity index (χ2n) is 9.64. The normalized spacial score (nSPS) is 10.4. The molecule has 2 amide bonds. The molecule has 3 N–H and O–H groups in total. The first-order valence-electron chi connectivity index (χ1n) is 13.4. The van der Waals surface area contributed by atoms with Crippen molar-refractivity contribution in [1.82, 2.24) is 0 Å². The summed E-state index contributed by atoms with van der Waals surface area (Å²) in [6.07, 6.45) is -1.48. The van der Waals surface area contributed by atoms with Crippen LogP contribution in [0.15, 0.2) is 109 Å². The van der Waals surface area contributed by atoms with Crippen molar-refractivity contribution in [1.29, 1.82) is 0 Å². The van der Waals surface area contributed by atoms with Crippen molar-refractivity contribution >= 4 is 52.1 Å². The van der Waals surface area contributed by atoms with Crippen molar-refractivity contribution in [3.05, 3.63) is 126 Å². The third kappa shape index (κ3) is 7.87. The number of benzene rings is 5. The van der Waals surface area contributed by atoms with Crippen molar-refractivity contribution in [3.63, 3.8) is 0 Å². The molecule has 0 radical (unpaired) electrons. The summed E-state index contributed by atoms with van der Waals surface area (Å²) in [5.41, 5.74) is 1.41. The van der Waals surface area contributed by atoms with Crippen LogP contribution < -0.4 is 24.8 Å². The van der Waals surface area contributed by atoms with Gasteiger partial charge in [0.2, 0.25) is 5.91 Å². The minimum atomic E-state index is -1.48. The van der Waals surface area contributed by atoms with Gasteiger partial charge in [-0.15, -0.1) is 0 Å². The lowest BCUT2D eigenvalue weighted by Gasteiger charge is -2.10. The Morgan fingerprint density at radius 1 is 0.533 bits per heavy atom. The van der Waals surface area contributed by atoms with Crippen LogP contribution in [0.25, 0.3) is 10.8 Å². The maximum Gasteiger partial charge on any atom is 0.511 e. The van der Waals surface area contributed by atoms with Gasteiger partial charge in [-0.2, -0.15) is 0 Å². The van der Waals surface area contributed by atoms with Gasteiger partial charge in [0, 0.05) is 36.0 Å². The van der Waals surface area contributed by atoms with Crippen molar-refractivity contribution in [2.24, 2.45) is 0 Å². The van der Waals surface area contributed by atoms with E-state index in [1.54, 1.807) is 66.7 Å². The van der Waals surface area contributed by atoms with Crippen LogP contribution in [0.1, 0.15) is 38.0 Å². The topological polar surface area (TPSA) is 157 Å². The Bertz CT molecular complexity index is 1970. The fourth-order valence-electron chi connectivity index (χ4n) is 4.32. The number of hydrogen-bond donors (Lipinski definition) is 3. The molecular weight excluding hydrogens is 580 g/mol. The van der Waals surface area contributed by atoms with E-state index in [0.29, 0.717) is 27.7 Å². The standard InChI is InChI=1S/C34H24N2O9/c1-20(37)35-26-7-3-9-28(18-26)43-33(40)25-12-11-22-17-30(14-13-21(22)15-25)44-32(39)24-6-2-5-23(16-24)31(38)36-27-8-4-10-29(19-27)45-34(41)42/h2-19H,1H3,(H,35,37)(H,36,38)(H,41,42). The SMILES string of the molecule is CC(=O)Nc1cccc(OC(=O)c2ccc3cc(OC(=O)c4cccc(C(=O)Nc5cccc(OC(=O)O)c5)c4)ccc3c2)c1. The highest BCUT2D eigenvalue weighted by molar-refractivity contribution is 6.06. The number of fused-ring (bicyclic) bond motifs is 1. The molecule has 5 aromatic carbocycles. The molecule has 11 nitrogen and oxygen atoms in total. The highest BCUT2D eigenvalue weighted by atomic mass is 16.7. The second kappa shape index (κ2) is 13.2.